The first-order chi connectivity index (χ1) is 9.61. The van der Waals surface area contributed by atoms with Gasteiger partial charge < -0.3 is 4.74 Å². The number of hydrogen-bond donors (Lipinski definition) is 0. The number of carbonyl (C=O) groups excluding carboxylic acids is 1. The van der Waals surface area contributed by atoms with Gasteiger partial charge in [0.25, 0.3) is 0 Å². The second-order valence-electron chi connectivity index (χ2n) is 4.38. The van der Waals surface area contributed by atoms with Crippen LogP contribution in [-0.4, -0.2) is 12.9 Å². The topological polar surface area (TPSA) is 26.3 Å². The minimum atomic E-state index is 0.0545. The fraction of sp³-hybridized carbons (Fsp3) is 0.278. The molecule has 0 fully saturated rings. The van der Waals surface area contributed by atoms with Crippen LogP contribution < -0.4 is 4.74 Å². The van der Waals surface area contributed by atoms with Crippen molar-refractivity contribution in [3.8, 4) is 5.75 Å². The number of ketones is 1. The summed E-state index contributed by atoms with van der Waals surface area (Å²) in [6.45, 7) is 7.94. The van der Waals surface area contributed by atoms with Crippen LogP contribution in [0.5, 0.6) is 5.75 Å². The molecular formula is C18H22O2. The zero-order valence-electron chi connectivity index (χ0n) is 12.9. The minimum Gasteiger partial charge on any atom is -0.497 e. The maximum Gasteiger partial charge on any atom is 0.193 e. The largest absolute Gasteiger partial charge is 0.497 e. The number of ether oxygens (including phenoxy) is 1. The molecule has 0 heterocycles. The van der Waals surface area contributed by atoms with Crippen molar-refractivity contribution in [2.75, 3.05) is 7.11 Å². The lowest BCUT2D eigenvalue weighted by molar-refractivity contribution is 0.103. The molecule has 0 spiro atoms. The highest BCUT2D eigenvalue weighted by molar-refractivity contribution is 6.10. The fourth-order valence-electron chi connectivity index (χ4n) is 1.88. The van der Waals surface area contributed by atoms with E-state index in [1.165, 1.54) is 0 Å². The summed E-state index contributed by atoms with van der Waals surface area (Å²) in [7, 11) is 1.61. The van der Waals surface area contributed by atoms with Gasteiger partial charge in [0.1, 0.15) is 5.75 Å². The van der Waals surface area contributed by atoms with E-state index in [1.807, 2.05) is 45.9 Å². The predicted molar refractivity (Wildman–Crippen MR) is 83.7 cm³/mol. The van der Waals surface area contributed by atoms with Gasteiger partial charge in [-0.1, -0.05) is 31.5 Å². The zero-order valence-corrected chi connectivity index (χ0v) is 12.9. The molecule has 0 amide bonds. The molecule has 106 valence electrons. The van der Waals surface area contributed by atoms with Gasteiger partial charge >= 0.3 is 0 Å². The lowest BCUT2D eigenvalue weighted by atomic mass is 9.97. The maximum absolute atomic E-state index is 12.4. The molecule has 0 aliphatic heterocycles. The number of aryl methyl sites for hydroxylation is 2. The van der Waals surface area contributed by atoms with Gasteiger partial charge in [-0.2, -0.15) is 0 Å². The molecule has 0 aromatic heterocycles. The molecule has 0 bridgehead atoms. The van der Waals surface area contributed by atoms with E-state index in [0.29, 0.717) is 5.56 Å². The van der Waals surface area contributed by atoms with Crippen LogP contribution >= 0.6 is 0 Å². The smallest absolute Gasteiger partial charge is 0.193 e. The van der Waals surface area contributed by atoms with E-state index in [0.717, 1.165) is 22.4 Å². The maximum atomic E-state index is 12.4. The Labute approximate surface area is 121 Å². The number of methoxy groups -OCH3 is 1. The normalized spacial score (nSPS) is 9.45. The van der Waals surface area contributed by atoms with Gasteiger partial charge in [-0.05, 0) is 49.7 Å². The monoisotopic (exact) mass is 270 g/mol. The minimum absolute atomic E-state index is 0.0545. The fourth-order valence-corrected chi connectivity index (χ4v) is 1.88. The summed E-state index contributed by atoms with van der Waals surface area (Å²) in [4.78, 5) is 12.4. The predicted octanol–water partition coefficient (Wildman–Crippen LogP) is 4.57. The molecule has 0 radical (unpaired) electrons. The van der Waals surface area contributed by atoms with Crippen molar-refractivity contribution < 1.29 is 9.53 Å². The van der Waals surface area contributed by atoms with Crippen LogP contribution in [0, 0.1) is 13.8 Å². The Hall–Kier alpha value is -2.09. The van der Waals surface area contributed by atoms with Gasteiger partial charge in [-0.3, -0.25) is 4.79 Å². The van der Waals surface area contributed by atoms with Crippen molar-refractivity contribution in [3.63, 3.8) is 0 Å². The molecule has 0 saturated carbocycles. The first-order valence-corrected chi connectivity index (χ1v) is 6.88. The van der Waals surface area contributed by atoms with Crippen molar-refractivity contribution in [1.29, 1.82) is 0 Å². The molecule has 0 atom stereocenters. The van der Waals surface area contributed by atoms with E-state index in [9.17, 15) is 4.79 Å². The zero-order chi connectivity index (χ0) is 15.1. The summed E-state index contributed by atoms with van der Waals surface area (Å²) in [5.74, 6) is 0.811. The van der Waals surface area contributed by atoms with E-state index < -0.39 is 0 Å². The molecule has 2 rings (SSSR count). The van der Waals surface area contributed by atoms with Crippen LogP contribution in [0.4, 0.5) is 0 Å². The lowest BCUT2D eigenvalue weighted by Gasteiger charge is -2.07. The molecule has 2 aromatic carbocycles. The van der Waals surface area contributed by atoms with Crippen molar-refractivity contribution in [3.05, 3.63) is 64.7 Å². The summed E-state index contributed by atoms with van der Waals surface area (Å²) < 4.78 is 5.09. The summed E-state index contributed by atoms with van der Waals surface area (Å²) >= 11 is 0. The standard InChI is InChI=1S/C16H16O2.C2H6/c1-11-4-5-12(2)15(10-11)16(17)13-6-8-14(18-3)9-7-13;1-2/h4-10H,1-3H3;1-2H3. The van der Waals surface area contributed by atoms with E-state index in [-0.39, 0.29) is 5.78 Å². The lowest BCUT2D eigenvalue weighted by Crippen LogP contribution is -2.04. The third kappa shape index (κ3) is 3.70. The van der Waals surface area contributed by atoms with Crippen LogP contribution in [-0.2, 0) is 0 Å². The number of benzene rings is 2. The highest BCUT2D eigenvalue weighted by atomic mass is 16.5. The van der Waals surface area contributed by atoms with Crippen molar-refractivity contribution >= 4 is 5.78 Å². The second-order valence-corrected chi connectivity index (χ2v) is 4.38. The average molecular weight is 270 g/mol. The first-order valence-electron chi connectivity index (χ1n) is 6.88. The van der Waals surface area contributed by atoms with E-state index in [2.05, 4.69) is 0 Å². The molecule has 0 unspecified atom stereocenters. The Kier molecular flexibility index (Phi) is 5.98. The third-order valence-corrected chi connectivity index (χ3v) is 2.99. The average Bonchev–Trinajstić information content (AvgIpc) is 2.51. The molecule has 0 N–H and O–H groups in total. The van der Waals surface area contributed by atoms with Crippen LogP contribution in [0.15, 0.2) is 42.5 Å². The van der Waals surface area contributed by atoms with E-state index in [4.69, 9.17) is 4.74 Å². The Morgan fingerprint density at radius 3 is 2.10 bits per heavy atom. The Morgan fingerprint density at radius 1 is 0.950 bits per heavy atom. The number of carbonyl (C=O) groups is 1. The Bertz CT molecular complexity index is 568. The van der Waals surface area contributed by atoms with Crippen molar-refractivity contribution in [1.82, 2.24) is 0 Å². The first kappa shape index (κ1) is 16.0. The molecule has 0 aliphatic carbocycles. The summed E-state index contributed by atoms with van der Waals surface area (Å²) in [6.07, 6.45) is 0. The highest BCUT2D eigenvalue weighted by Gasteiger charge is 2.11. The van der Waals surface area contributed by atoms with Crippen LogP contribution in [0.1, 0.15) is 40.9 Å². The van der Waals surface area contributed by atoms with Gasteiger partial charge in [0.2, 0.25) is 0 Å². The van der Waals surface area contributed by atoms with Crippen LogP contribution in [0.3, 0.4) is 0 Å². The van der Waals surface area contributed by atoms with Gasteiger partial charge in [-0.15, -0.1) is 0 Å². The van der Waals surface area contributed by atoms with E-state index in [1.54, 1.807) is 31.4 Å². The van der Waals surface area contributed by atoms with Gasteiger partial charge in [0.05, 0.1) is 7.11 Å². The molecular weight excluding hydrogens is 248 g/mol. The summed E-state index contributed by atoms with van der Waals surface area (Å²) in [5, 5.41) is 0. The molecule has 2 nitrogen and oxygen atoms in total. The summed E-state index contributed by atoms with van der Waals surface area (Å²) in [6, 6.07) is 13.1. The van der Waals surface area contributed by atoms with Gasteiger partial charge in [0.15, 0.2) is 5.78 Å². The third-order valence-electron chi connectivity index (χ3n) is 2.99. The van der Waals surface area contributed by atoms with Gasteiger partial charge in [-0.25, -0.2) is 0 Å². The quantitative estimate of drug-likeness (QED) is 0.764. The molecule has 0 aliphatic rings. The molecule has 2 heteroatoms. The van der Waals surface area contributed by atoms with Crippen molar-refractivity contribution in [2.24, 2.45) is 0 Å². The Morgan fingerprint density at radius 2 is 1.55 bits per heavy atom. The molecule has 0 saturated heterocycles. The summed E-state index contributed by atoms with van der Waals surface area (Å²) in [5.41, 5.74) is 3.54. The van der Waals surface area contributed by atoms with Crippen LogP contribution in [0.25, 0.3) is 0 Å². The van der Waals surface area contributed by atoms with E-state index >= 15 is 0 Å². The highest BCUT2D eigenvalue weighted by Crippen LogP contribution is 2.18. The molecule has 2 aromatic rings. The van der Waals surface area contributed by atoms with Gasteiger partial charge in [0, 0.05) is 11.1 Å². The van der Waals surface area contributed by atoms with Crippen molar-refractivity contribution in [2.45, 2.75) is 27.7 Å². The Balaban J connectivity index is 0.000000956. The number of hydrogen-bond acceptors (Lipinski definition) is 2. The SMILES string of the molecule is CC.COc1ccc(C(=O)c2cc(C)ccc2C)cc1. The number of rotatable bonds is 3. The van der Waals surface area contributed by atoms with Crippen LogP contribution in [0.2, 0.25) is 0 Å². The second kappa shape index (κ2) is 7.49. The molecule has 20 heavy (non-hydrogen) atoms.